The number of nitrogens with zero attached hydrogens (tertiary/aromatic N) is 16. The molecule has 0 saturated carbocycles. The average Bonchev–Trinajstić information content (AvgIpc) is 0.802. The molecule has 30 nitrogen and oxygen atoms in total. The Kier molecular flexibility index (Phi) is 20.8. The standard InChI is InChI=1S/C67H112N18O12/c1-56(2)29-41(30-57(3,4)80(56)86)92-50-70-47(71-51(76-50)93-42-31-58(5,6)81(87)59(7,8)32-42)68-25-27-79(49-74-54(96-45-37-64(17,18)84(90)65(19,20)38-45)78-55(75-49)97-46-39-66(21,22)85(91)67(23,24)40-46)28-26-69-48-72-52(94-43-33-60(9,10)82(88)61(11,12)34-43)77-53(73-48)95-44-35-62(13,14)83(89)63(15,16)36-44/h41-46H,25-40H2,1-24H3,(H,68,70,71,76)(H,69,72,73,77). The van der Waals surface area contributed by atoms with Crippen molar-refractivity contribution in [1.82, 2.24) is 75.2 Å². The Morgan fingerprint density at radius 2 is 0.433 bits per heavy atom. The Bertz CT molecular complexity index is 2800. The summed E-state index contributed by atoms with van der Waals surface area (Å²) in [6.07, 6.45) is 1.86. The summed E-state index contributed by atoms with van der Waals surface area (Å²) in [5, 5.41) is 94.8. The van der Waals surface area contributed by atoms with Gasteiger partial charge in [-0.1, -0.05) is 0 Å². The fourth-order valence-electron chi connectivity index (χ4n) is 17.0. The normalized spacial score (nSPS) is 26.2. The second-order valence-electron chi connectivity index (χ2n) is 35.9. The van der Waals surface area contributed by atoms with Crippen LogP contribution in [-0.2, 0) is 31.2 Å². The van der Waals surface area contributed by atoms with Gasteiger partial charge in [-0.3, -0.25) is 0 Å². The molecule has 6 fully saturated rings. The van der Waals surface area contributed by atoms with Crippen LogP contribution in [0.5, 0.6) is 36.1 Å². The Morgan fingerprint density at radius 1 is 0.278 bits per heavy atom. The molecule has 6 aliphatic rings. The Labute approximate surface area is 574 Å². The maximum Gasteiger partial charge on any atom is 0.324 e. The first-order valence-corrected chi connectivity index (χ1v) is 34.6. The zero-order chi connectivity index (χ0) is 72.0. The van der Waals surface area contributed by atoms with Crippen LogP contribution in [0.4, 0.5) is 17.8 Å². The molecule has 30 heteroatoms. The molecule has 9 rings (SSSR count). The molecule has 6 radical (unpaired) electrons. The smallest absolute Gasteiger partial charge is 0.324 e. The number of hydrogen-bond donors (Lipinski definition) is 2. The molecule has 9 heterocycles. The summed E-state index contributed by atoms with van der Waals surface area (Å²) in [4.78, 5) is 45.4. The van der Waals surface area contributed by atoms with Gasteiger partial charge in [0.25, 0.3) is 0 Å². The molecule has 0 atom stereocenters. The molecule has 0 bridgehead atoms. The van der Waals surface area contributed by atoms with Gasteiger partial charge in [0, 0.05) is 170 Å². The van der Waals surface area contributed by atoms with E-state index >= 15 is 0 Å². The minimum atomic E-state index is -0.795. The van der Waals surface area contributed by atoms with Crippen molar-refractivity contribution in [2.75, 3.05) is 41.7 Å². The second-order valence-corrected chi connectivity index (χ2v) is 35.9. The number of ether oxygens (including phenoxy) is 6. The second kappa shape index (κ2) is 26.6. The summed E-state index contributed by atoms with van der Waals surface area (Å²) in [5.74, 6) is 0.402. The van der Waals surface area contributed by atoms with E-state index in [2.05, 4.69) is 10.6 Å². The third-order valence-corrected chi connectivity index (χ3v) is 20.3. The number of aromatic nitrogens is 9. The minimum absolute atomic E-state index is 0.00991. The van der Waals surface area contributed by atoms with Gasteiger partial charge >= 0.3 is 36.1 Å². The fourth-order valence-corrected chi connectivity index (χ4v) is 17.0. The quantitative estimate of drug-likeness (QED) is 0.100. The van der Waals surface area contributed by atoms with E-state index in [1.54, 1.807) is 0 Å². The van der Waals surface area contributed by atoms with Gasteiger partial charge in [-0.05, 0) is 166 Å². The molecule has 0 aromatic carbocycles. The van der Waals surface area contributed by atoms with Crippen molar-refractivity contribution in [1.29, 1.82) is 0 Å². The van der Waals surface area contributed by atoms with Crippen LogP contribution in [0.2, 0.25) is 0 Å². The Hall–Kier alpha value is -5.25. The van der Waals surface area contributed by atoms with Crippen LogP contribution in [0.3, 0.4) is 0 Å². The Balaban J connectivity index is 1.08. The first-order valence-electron chi connectivity index (χ1n) is 34.6. The highest BCUT2D eigenvalue weighted by molar-refractivity contribution is 5.36. The summed E-state index contributed by atoms with van der Waals surface area (Å²) in [6, 6.07) is -0.104. The highest BCUT2D eigenvalue weighted by atomic mass is 16.6. The lowest BCUT2D eigenvalue weighted by atomic mass is 9.80. The lowest BCUT2D eigenvalue weighted by molar-refractivity contribution is -0.297. The van der Waals surface area contributed by atoms with E-state index in [1.165, 1.54) is 0 Å². The summed E-state index contributed by atoms with van der Waals surface area (Å²) in [6.45, 7) is 46.0. The number of nitrogens with one attached hydrogen (secondary N) is 2. The zero-order valence-corrected chi connectivity index (χ0v) is 62.3. The van der Waals surface area contributed by atoms with E-state index in [1.807, 2.05) is 171 Å². The van der Waals surface area contributed by atoms with Crippen LogP contribution < -0.4 is 44.0 Å². The number of hydrogen-bond acceptors (Lipinski definition) is 24. The third kappa shape index (κ3) is 17.4. The Morgan fingerprint density at radius 3 is 0.598 bits per heavy atom. The fraction of sp³-hybridized carbons (Fsp3) is 0.866. The molecule has 0 aliphatic carbocycles. The van der Waals surface area contributed by atoms with Crippen molar-refractivity contribution < 1.29 is 59.7 Å². The van der Waals surface area contributed by atoms with Crippen LogP contribution in [0.25, 0.3) is 0 Å². The summed E-state index contributed by atoms with van der Waals surface area (Å²) >= 11 is 0. The van der Waals surface area contributed by atoms with Crippen LogP contribution in [0.15, 0.2) is 0 Å². The maximum absolute atomic E-state index is 13.6. The molecular weight excluding hydrogens is 1250 g/mol. The molecule has 6 aliphatic heterocycles. The summed E-state index contributed by atoms with van der Waals surface area (Å²) in [5.41, 5.74) is -9.26. The molecule has 0 spiro atoms. The number of piperidine rings is 6. The third-order valence-electron chi connectivity index (χ3n) is 20.3. The molecule has 542 valence electrons. The highest BCUT2D eigenvalue weighted by Crippen LogP contribution is 2.45. The number of hydroxylamine groups is 12. The van der Waals surface area contributed by atoms with Crippen LogP contribution >= 0.6 is 0 Å². The first kappa shape index (κ1) is 75.9. The van der Waals surface area contributed by atoms with E-state index < -0.39 is 103 Å². The predicted octanol–water partition coefficient (Wildman–Crippen LogP) is 9.75. The van der Waals surface area contributed by atoms with Crippen LogP contribution in [-0.4, -0.2) is 205 Å². The molecule has 0 amide bonds. The molecule has 6 saturated heterocycles. The largest absolute Gasteiger partial charge is 0.460 e. The minimum Gasteiger partial charge on any atom is -0.460 e. The summed E-state index contributed by atoms with van der Waals surface area (Å²) < 4.78 is 40.0. The molecule has 0 unspecified atom stereocenters. The molecule has 2 N–H and O–H groups in total. The van der Waals surface area contributed by atoms with E-state index in [-0.39, 0.29) is 80.1 Å². The van der Waals surface area contributed by atoms with Crippen molar-refractivity contribution in [3.8, 4) is 36.1 Å². The van der Waals surface area contributed by atoms with Gasteiger partial charge in [0.15, 0.2) is 0 Å². The van der Waals surface area contributed by atoms with Crippen molar-refractivity contribution in [2.45, 2.75) is 346 Å². The number of rotatable bonds is 21. The van der Waals surface area contributed by atoms with E-state index in [0.29, 0.717) is 77.0 Å². The SMILES string of the molecule is CC1(C)CC(Oc2nc(NCCN(CCNc3nc(OC4CC(C)(C)N([O])C(C)(C)C4)nc(OC4CC(C)(C)N([O])C(C)(C)C4)n3)c3nc(OC4CC(C)(C)N([O])C(C)(C)C4)nc(OC4CC(C)(C)N([O])C(C)(C)C4)n3)nc(OC3CC(C)(C)N([O])C(C)(C)C3)n2)CC(C)(C)N1[O]. The van der Waals surface area contributed by atoms with Gasteiger partial charge in [-0.25, -0.2) is 0 Å². The zero-order valence-electron chi connectivity index (χ0n) is 62.3. The first-order chi connectivity index (χ1) is 44.3. The average molecular weight is 1360 g/mol. The highest BCUT2D eigenvalue weighted by Gasteiger charge is 2.53. The van der Waals surface area contributed by atoms with Crippen molar-refractivity contribution >= 4 is 17.8 Å². The van der Waals surface area contributed by atoms with Gasteiger partial charge in [-0.2, -0.15) is 29.9 Å². The van der Waals surface area contributed by atoms with Crippen LogP contribution in [0, 0.1) is 0 Å². The van der Waals surface area contributed by atoms with Gasteiger partial charge < -0.3 is 44.0 Å². The van der Waals surface area contributed by atoms with E-state index in [4.69, 9.17) is 73.3 Å². The van der Waals surface area contributed by atoms with Crippen molar-refractivity contribution in [3.05, 3.63) is 0 Å². The van der Waals surface area contributed by atoms with E-state index in [0.717, 1.165) is 30.4 Å². The molecule has 3 aromatic heterocycles. The van der Waals surface area contributed by atoms with Crippen LogP contribution in [0.1, 0.15) is 243 Å². The summed E-state index contributed by atoms with van der Waals surface area (Å²) in [7, 11) is 0. The topological polar surface area (TPSA) is 338 Å². The lowest BCUT2D eigenvalue weighted by Gasteiger charge is -2.49. The van der Waals surface area contributed by atoms with E-state index in [9.17, 15) is 31.2 Å². The van der Waals surface area contributed by atoms with Gasteiger partial charge in [0.05, 0.1) is 0 Å². The molecular formula is C67H112N18O12. The lowest BCUT2D eigenvalue weighted by Crippen LogP contribution is -2.60. The molecule has 3 aromatic rings. The van der Waals surface area contributed by atoms with Gasteiger partial charge in [0.2, 0.25) is 17.8 Å². The van der Waals surface area contributed by atoms with Gasteiger partial charge in [-0.15, -0.1) is 76.6 Å². The predicted molar refractivity (Wildman–Crippen MR) is 355 cm³/mol. The van der Waals surface area contributed by atoms with Crippen molar-refractivity contribution in [2.24, 2.45) is 0 Å². The molecule has 97 heavy (non-hydrogen) atoms. The van der Waals surface area contributed by atoms with Gasteiger partial charge in [0.1, 0.15) is 36.6 Å². The monoisotopic (exact) mass is 1360 g/mol. The maximum atomic E-state index is 13.6. The number of anilines is 3. The van der Waals surface area contributed by atoms with Crippen molar-refractivity contribution in [3.63, 3.8) is 0 Å².